The van der Waals surface area contributed by atoms with Gasteiger partial charge in [-0.25, -0.2) is 9.59 Å². The fourth-order valence-electron chi connectivity index (χ4n) is 2.41. The summed E-state index contributed by atoms with van der Waals surface area (Å²) < 4.78 is 9.99. The number of rotatable bonds is 7. The van der Waals surface area contributed by atoms with E-state index in [9.17, 15) is 14.4 Å². The lowest BCUT2D eigenvalue weighted by molar-refractivity contribution is -0.148. The first-order valence-electron chi connectivity index (χ1n) is 8.62. The van der Waals surface area contributed by atoms with Crippen LogP contribution in [0.4, 0.5) is 0 Å². The van der Waals surface area contributed by atoms with Crippen LogP contribution in [0.2, 0.25) is 0 Å². The van der Waals surface area contributed by atoms with Gasteiger partial charge in [0.2, 0.25) is 0 Å². The first-order chi connectivity index (χ1) is 12.9. The van der Waals surface area contributed by atoms with Crippen molar-refractivity contribution in [3.05, 3.63) is 71.3 Å². The number of esters is 2. The van der Waals surface area contributed by atoms with Gasteiger partial charge >= 0.3 is 11.9 Å². The minimum absolute atomic E-state index is 0.0463. The first-order valence-corrected chi connectivity index (χ1v) is 8.62. The minimum Gasteiger partial charge on any atom is -0.465 e. The first kappa shape index (κ1) is 20.2. The smallest absolute Gasteiger partial charge is 0.337 e. The molecule has 0 fully saturated rings. The van der Waals surface area contributed by atoms with Crippen LogP contribution in [0.15, 0.2) is 54.6 Å². The molecule has 0 spiro atoms. The highest BCUT2D eigenvalue weighted by atomic mass is 16.5. The van der Waals surface area contributed by atoms with Gasteiger partial charge in [0.15, 0.2) is 0 Å². The highest BCUT2D eigenvalue weighted by molar-refractivity contribution is 5.96. The monoisotopic (exact) mass is 369 g/mol. The molecule has 0 aliphatic heterocycles. The third kappa shape index (κ3) is 5.67. The molecule has 6 heteroatoms. The summed E-state index contributed by atoms with van der Waals surface area (Å²) in [5.41, 5.74) is 1.63. The molecule has 1 N–H and O–H groups in total. The van der Waals surface area contributed by atoms with Crippen LogP contribution in [0.5, 0.6) is 0 Å². The van der Waals surface area contributed by atoms with Gasteiger partial charge in [0, 0.05) is 5.56 Å². The molecule has 142 valence electrons. The highest BCUT2D eigenvalue weighted by Crippen LogP contribution is 2.11. The SMILES string of the molecule is COC(=O)c1ccc(COC(=O)C(NC(=O)c2ccccc2)C(C)C)cc1. The van der Waals surface area contributed by atoms with Crippen LogP contribution in [0.25, 0.3) is 0 Å². The van der Waals surface area contributed by atoms with Gasteiger partial charge < -0.3 is 14.8 Å². The summed E-state index contributed by atoms with van der Waals surface area (Å²) in [7, 11) is 1.31. The Morgan fingerprint density at radius 1 is 0.926 bits per heavy atom. The van der Waals surface area contributed by atoms with Crippen LogP contribution in [0, 0.1) is 5.92 Å². The normalized spacial score (nSPS) is 11.6. The predicted molar refractivity (Wildman–Crippen MR) is 100 cm³/mol. The molecule has 0 saturated carbocycles. The molecule has 1 amide bonds. The molecular weight excluding hydrogens is 346 g/mol. The van der Waals surface area contributed by atoms with E-state index in [4.69, 9.17) is 4.74 Å². The van der Waals surface area contributed by atoms with Crippen molar-refractivity contribution in [1.29, 1.82) is 0 Å². The van der Waals surface area contributed by atoms with Crippen molar-refractivity contribution in [2.24, 2.45) is 5.92 Å². The molecule has 0 saturated heterocycles. The Balaban J connectivity index is 1.96. The van der Waals surface area contributed by atoms with Crippen LogP contribution in [0.1, 0.15) is 40.1 Å². The molecule has 0 bridgehead atoms. The van der Waals surface area contributed by atoms with E-state index in [0.29, 0.717) is 11.1 Å². The molecule has 0 radical (unpaired) electrons. The second-order valence-corrected chi connectivity index (χ2v) is 6.36. The number of ether oxygens (including phenoxy) is 2. The van der Waals surface area contributed by atoms with Gasteiger partial charge in [-0.3, -0.25) is 4.79 Å². The molecule has 2 aromatic rings. The van der Waals surface area contributed by atoms with Gasteiger partial charge in [-0.15, -0.1) is 0 Å². The summed E-state index contributed by atoms with van der Waals surface area (Å²) in [6.07, 6.45) is 0. The largest absolute Gasteiger partial charge is 0.465 e. The maximum Gasteiger partial charge on any atom is 0.337 e. The Bertz CT molecular complexity index is 784. The zero-order valence-electron chi connectivity index (χ0n) is 15.6. The molecule has 2 rings (SSSR count). The molecule has 6 nitrogen and oxygen atoms in total. The molecule has 0 aliphatic carbocycles. The van der Waals surface area contributed by atoms with Gasteiger partial charge in [0.1, 0.15) is 12.6 Å². The lowest BCUT2D eigenvalue weighted by atomic mass is 10.0. The van der Waals surface area contributed by atoms with Crippen LogP contribution in [-0.4, -0.2) is 31.0 Å². The van der Waals surface area contributed by atoms with Crippen molar-refractivity contribution in [3.8, 4) is 0 Å². The van der Waals surface area contributed by atoms with Crippen LogP contribution >= 0.6 is 0 Å². The Labute approximate surface area is 158 Å². The van der Waals surface area contributed by atoms with E-state index in [2.05, 4.69) is 10.1 Å². The van der Waals surface area contributed by atoms with E-state index in [0.717, 1.165) is 5.56 Å². The van der Waals surface area contributed by atoms with Crippen LogP contribution in [-0.2, 0) is 20.9 Å². The summed E-state index contributed by atoms with van der Waals surface area (Å²) in [6, 6.07) is 14.5. The third-order valence-corrected chi connectivity index (χ3v) is 4.00. The van der Waals surface area contributed by atoms with E-state index >= 15 is 0 Å². The number of nitrogens with one attached hydrogen (secondary N) is 1. The maximum atomic E-state index is 12.4. The zero-order valence-corrected chi connectivity index (χ0v) is 15.6. The van der Waals surface area contributed by atoms with Gasteiger partial charge in [-0.05, 0) is 35.7 Å². The molecule has 1 unspecified atom stereocenters. The summed E-state index contributed by atoms with van der Waals surface area (Å²) in [6.45, 7) is 3.72. The second-order valence-electron chi connectivity index (χ2n) is 6.36. The van der Waals surface area contributed by atoms with Crippen molar-refractivity contribution in [3.63, 3.8) is 0 Å². The molecule has 0 aromatic heterocycles. The van der Waals surface area contributed by atoms with Gasteiger partial charge in [-0.1, -0.05) is 44.2 Å². The topological polar surface area (TPSA) is 81.7 Å². The number of benzene rings is 2. The van der Waals surface area contributed by atoms with E-state index in [1.165, 1.54) is 7.11 Å². The number of amides is 1. The Morgan fingerprint density at radius 3 is 2.11 bits per heavy atom. The Hall–Kier alpha value is -3.15. The molecule has 0 heterocycles. The number of carbonyl (C=O) groups is 3. The van der Waals surface area contributed by atoms with Crippen molar-refractivity contribution in [2.75, 3.05) is 7.11 Å². The lowest BCUT2D eigenvalue weighted by Crippen LogP contribution is -2.45. The van der Waals surface area contributed by atoms with E-state index in [1.807, 2.05) is 19.9 Å². The van der Waals surface area contributed by atoms with E-state index in [-0.39, 0.29) is 18.4 Å². The van der Waals surface area contributed by atoms with Gasteiger partial charge in [0.05, 0.1) is 12.7 Å². The standard InChI is InChI=1S/C21H23NO5/c1-14(2)18(22-19(23)16-7-5-4-6-8-16)21(25)27-13-15-9-11-17(12-10-15)20(24)26-3/h4-12,14,18H,13H2,1-3H3,(H,22,23). The minimum atomic E-state index is -0.757. The number of hydrogen-bond acceptors (Lipinski definition) is 5. The second kappa shape index (κ2) is 9.52. The van der Waals surface area contributed by atoms with Crippen molar-refractivity contribution < 1.29 is 23.9 Å². The molecular formula is C21H23NO5. The number of carbonyl (C=O) groups excluding carboxylic acids is 3. The molecule has 0 aliphatic rings. The zero-order chi connectivity index (χ0) is 19.8. The summed E-state index contributed by atoms with van der Waals surface area (Å²) in [5, 5.41) is 2.73. The fraction of sp³-hybridized carbons (Fsp3) is 0.286. The summed E-state index contributed by atoms with van der Waals surface area (Å²) in [4.78, 5) is 36.2. The van der Waals surface area contributed by atoms with E-state index in [1.54, 1.807) is 48.5 Å². The van der Waals surface area contributed by atoms with Crippen LogP contribution < -0.4 is 5.32 Å². The van der Waals surface area contributed by atoms with Crippen molar-refractivity contribution in [2.45, 2.75) is 26.5 Å². The van der Waals surface area contributed by atoms with Gasteiger partial charge in [-0.2, -0.15) is 0 Å². The number of hydrogen-bond donors (Lipinski definition) is 1. The third-order valence-electron chi connectivity index (χ3n) is 4.00. The maximum absolute atomic E-state index is 12.4. The summed E-state index contributed by atoms with van der Waals surface area (Å²) in [5.74, 6) is -1.39. The van der Waals surface area contributed by atoms with Crippen LogP contribution in [0.3, 0.4) is 0 Å². The van der Waals surface area contributed by atoms with E-state index < -0.39 is 18.0 Å². The van der Waals surface area contributed by atoms with Gasteiger partial charge in [0.25, 0.3) is 5.91 Å². The number of methoxy groups -OCH3 is 1. The fourth-order valence-corrected chi connectivity index (χ4v) is 2.41. The molecule has 2 aromatic carbocycles. The average Bonchev–Trinajstić information content (AvgIpc) is 2.70. The quantitative estimate of drug-likeness (QED) is 0.759. The van der Waals surface area contributed by atoms with Crippen molar-refractivity contribution >= 4 is 17.8 Å². The Morgan fingerprint density at radius 2 is 1.56 bits per heavy atom. The lowest BCUT2D eigenvalue weighted by Gasteiger charge is -2.21. The predicted octanol–water partition coefficient (Wildman–Crippen LogP) is 2.97. The molecule has 27 heavy (non-hydrogen) atoms. The average molecular weight is 369 g/mol. The summed E-state index contributed by atoms with van der Waals surface area (Å²) >= 11 is 0. The van der Waals surface area contributed by atoms with Crippen molar-refractivity contribution in [1.82, 2.24) is 5.32 Å². The molecule has 1 atom stereocenters. The highest BCUT2D eigenvalue weighted by Gasteiger charge is 2.26. The Kier molecular flexibility index (Phi) is 7.11.